The van der Waals surface area contributed by atoms with Gasteiger partial charge >= 0.3 is 0 Å². The highest BCUT2D eigenvalue weighted by Gasteiger charge is 2.14. The molecule has 0 fully saturated rings. The fourth-order valence-electron chi connectivity index (χ4n) is 3.27. The zero-order valence-electron chi connectivity index (χ0n) is 16.6. The predicted molar refractivity (Wildman–Crippen MR) is 112 cm³/mol. The molecule has 0 saturated heterocycles. The van der Waals surface area contributed by atoms with Crippen molar-refractivity contribution < 1.29 is 4.79 Å². The van der Waals surface area contributed by atoms with E-state index in [0.717, 1.165) is 35.4 Å². The number of aromatic amines is 1. The van der Waals surface area contributed by atoms with Crippen LogP contribution >= 0.6 is 0 Å². The summed E-state index contributed by atoms with van der Waals surface area (Å²) in [4.78, 5) is 24.3. The summed E-state index contributed by atoms with van der Waals surface area (Å²) in [5.41, 5.74) is 5.31. The molecule has 2 N–H and O–H groups in total. The quantitative estimate of drug-likeness (QED) is 0.507. The number of aryl methyl sites for hydroxylation is 3. The number of nitrogens with zero attached hydrogens (tertiary/aromatic N) is 4. The van der Waals surface area contributed by atoms with E-state index in [2.05, 4.69) is 44.4 Å². The van der Waals surface area contributed by atoms with Crippen LogP contribution in [0.1, 0.15) is 23.9 Å². The third kappa shape index (κ3) is 4.68. The van der Waals surface area contributed by atoms with Gasteiger partial charge < -0.3 is 10.3 Å². The summed E-state index contributed by atoms with van der Waals surface area (Å²) in [7, 11) is 0. The third-order valence-corrected chi connectivity index (χ3v) is 4.93. The Labute approximate surface area is 169 Å². The molecule has 0 aliphatic heterocycles. The van der Waals surface area contributed by atoms with Crippen molar-refractivity contribution in [2.75, 3.05) is 5.32 Å². The summed E-state index contributed by atoms with van der Waals surface area (Å²) in [6, 6.07) is 14.2. The van der Waals surface area contributed by atoms with Gasteiger partial charge in [0.05, 0.1) is 23.5 Å². The third-order valence-electron chi connectivity index (χ3n) is 4.93. The summed E-state index contributed by atoms with van der Waals surface area (Å²) in [5.74, 6) is 0.754. The zero-order valence-corrected chi connectivity index (χ0v) is 16.6. The second kappa shape index (κ2) is 8.26. The number of nitrogens with one attached hydrogen (secondary N) is 2. The number of rotatable bonds is 7. The Morgan fingerprint density at radius 2 is 2.00 bits per heavy atom. The molecule has 2 aromatic carbocycles. The van der Waals surface area contributed by atoms with Crippen molar-refractivity contribution in [1.29, 1.82) is 0 Å². The average molecular weight is 388 g/mol. The van der Waals surface area contributed by atoms with Crippen LogP contribution in [-0.4, -0.2) is 30.6 Å². The van der Waals surface area contributed by atoms with Gasteiger partial charge in [-0.3, -0.25) is 9.48 Å². The Balaban J connectivity index is 1.31. The fraction of sp³-hybridized carbons (Fsp3) is 0.273. The molecular formula is C22H24N6O. The molecule has 2 aromatic heterocycles. The van der Waals surface area contributed by atoms with Crippen LogP contribution in [0.15, 0.2) is 55.1 Å². The minimum absolute atomic E-state index is 0.0363. The molecule has 0 bridgehead atoms. The molecule has 0 aliphatic carbocycles. The first-order valence-corrected chi connectivity index (χ1v) is 9.74. The lowest BCUT2D eigenvalue weighted by Crippen LogP contribution is -2.24. The van der Waals surface area contributed by atoms with Gasteiger partial charge in [-0.15, -0.1) is 0 Å². The van der Waals surface area contributed by atoms with Gasteiger partial charge in [-0.05, 0) is 48.7 Å². The van der Waals surface area contributed by atoms with Gasteiger partial charge in [0.15, 0.2) is 0 Å². The number of imidazole rings is 1. The molecule has 2 heterocycles. The minimum atomic E-state index is -0.201. The van der Waals surface area contributed by atoms with Crippen molar-refractivity contribution >= 4 is 22.6 Å². The van der Waals surface area contributed by atoms with E-state index in [1.807, 2.05) is 37.3 Å². The molecule has 29 heavy (non-hydrogen) atoms. The molecule has 0 spiro atoms. The highest BCUT2D eigenvalue weighted by atomic mass is 16.1. The number of benzene rings is 2. The van der Waals surface area contributed by atoms with Crippen LogP contribution in [0.5, 0.6) is 0 Å². The summed E-state index contributed by atoms with van der Waals surface area (Å²) in [6.45, 7) is 4.46. The number of carbonyl (C=O) groups is 1. The standard InChI is InChI=1S/C22H24N6O/c1-15-3-9-19-20(11-15)27-21(26-19)10-6-17-4-7-18(8-5-17)25-22(29)16(2)12-28-14-23-13-24-28/h3-5,7-9,11,13-14,16H,6,10,12H2,1-2H3,(H,25,29)(H,26,27). The second-order valence-corrected chi connectivity index (χ2v) is 7.41. The first-order valence-electron chi connectivity index (χ1n) is 9.74. The van der Waals surface area contributed by atoms with Crippen molar-refractivity contribution in [2.45, 2.75) is 33.2 Å². The Kier molecular flexibility index (Phi) is 5.37. The van der Waals surface area contributed by atoms with Crippen LogP contribution in [0.2, 0.25) is 0 Å². The summed E-state index contributed by atoms with van der Waals surface area (Å²) in [5, 5.41) is 7.00. The van der Waals surface area contributed by atoms with Gasteiger partial charge in [-0.1, -0.05) is 25.1 Å². The molecule has 7 nitrogen and oxygen atoms in total. The topological polar surface area (TPSA) is 88.5 Å². The van der Waals surface area contributed by atoms with Crippen molar-refractivity contribution in [3.8, 4) is 0 Å². The van der Waals surface area contributed by atoms with Gasteiger partial charge in [-0.2, -0.15) is 5.10 Å². The molecule has 1 amide bonds. The van der Waals surface area contributed by atoms with Crippen LogP contribution in [0.3, 0.4) is 0 Å². The van der Waals surface area contributed by atoms with Gasteiger partial charge in [0.1, 0.15) is 18.5 Å². The number of aromatic nitrogens is 5. The van der Waals surface area contributed by atoms with Crippen molar-refractivity contribution in [3.05, 3.63) is 72.1 Å². The molecule has 1 unspecified atom stereocenters. The van der Waals surface area contributed by atoms with E-state index in [1.54, 1.807) is 11.0 Å². The van der Waals surface area contributed by atoms with E-state index in [-0.39, 0.29) is 11.8 Å². The van der Waals surface area contributed by atoms with Gasteiger partial charge in [0.25, 0.3) is 0 Å². The second-order valence-electron chi connectivity index (χ2n) is 7.41. The average Bonchev–Trinajstić information content (AvgIpc) is 3.36. The fourth-order valence-corrected chi connectivity index (χ4v) is 3.27. The van der Waals surface area contributed by atoms with E-state index in [0.29, 0.717) is 6.54 Å². The lowest BCUT2D eigenvalue weighted by Gasteiger charge is -2.12. The maximum Gasteiger partial charge on any atom is 0.229 e. The molecule has 0 aliphatic rings. The number of fused-ring (bicyclic) bond motifs is 1. The van der Waals surface area contributed by atoms with Crippen LogP contribution in [0, 0.1) is 12.8 Å². The van der Waals surface area contributed by atoms with Crippen LogP contribution in [-0.2, 0) is 24.2 Å². The zero-order chi connectivity index (χ0) is 20.2. The SMILES string of the molecule is Cc1ccc2nc(CCc3ccc(NC(=O)C(C)Cn4cncn4)cc3)[nH]c2c1. The number of H-pyrrole nitrogens is 1. The number of anilines is 1. The van der Waals surface area contributed by atoms with E-state index in [9.17, 15) is 4.79 Å². The maximum atomic E-state index is 12.4. The first kappa shape index (κ1) is 18.9. The van der Waals surface area contributed by atoms with E-state index < -0.39 is 0 Å². The molecular weight excluding hydrogens is 364 g/mol. The Morgan fingerprint density at radius 1 is 1.17 bits per heavy atom. The molecule has 7 heteroatoms. The van der Waals surface area contributed by atoms with E-state index in [1.165, 1.54) is 17.5 Å². The largest absolute Gasteiger partial charge is 0.342 e. The predicted octanol–water partition coefficient (Wildman–Crippen LogP) is 3.52. The highest BCUT2D eigenvalue weighted by Crippen LogP contribution is 2.16. The maximum absolute atomic E-state index is 12.4. The Bertz CT molecular complexity index is 1100. The number of hydrogen-bond donors (Lipinski definition) is 2. The van der Waals surface area contributed by atoms with Crippen molar-refractivity contribution in [3.63, 3.8) is 0 Å². The molecule has 1 atom stereocenters. The molecule has 148 valence electrons. The summed E-state index contributed by atoms with van der Waals surface area (Å²) in [6.07, 6.45) is 4.81. The highest BCUT2D eigenvalue weighted by molar-refractivity contribution is 5.92. The monoisotopic (exact) mass is 388 g/mol. The van der Waals surface area contributed by atoms with Gasteiger partial charge in [-0.25, -0.2) is 9.97 Å². The summed E-state index contributed by atoms with van der Waals surface area (Å²) >= 11 is 0. The van der Waals surface area contributed by atoms with Crippen molar-refractivity contribution in [2.24, 2.45) is 5.92 Å². The Hall–Kier alpha value is -3.48. The molecule has 0 radical (unpaired) electrons. The molecule has 4 aromatic rings. The van der Waals surface area contributed by atoms with Crippen LogP contribution < -0.4 is 5.32 Å². The van der Waals surface area contributed by atoms with Crippen LogP contribution in [0.25, 0.3) is 11.0 Å². The Morgan fingerprint density at radius 3 is 2.76 bits per heavy atom. The summed E-state index contributed by atoms with van der Waals surface area (Å²) < 4.78 is 1.66. The molecule has 0 saturated carbocycles. The first-order chi connectivity index (χ1) is 14.1. The van der Waals surface area contributed by atoms with E-state index in [4.69, 9.17) is 0 Å². The number of carbonyl (C=O) groups excluding carboxylic acids is 1. The van der Waals surface area contributed by atoms with Gasteiger partial charge in [0, 0.05) is 12.1 Å². The number of hydrogen-bond acceptors (Lipinski definition) is 4. The van der Waals surface area contributed by atoms with E-state index >= 15 is 0 Å². The number of amides is 1. The van der Waals surface area contributed by atoms with Gasteiger partial charge in [0.2, 0.25) is 5.91 Å². The smallest absolute Gasteiger partial charge is 0.229 e. The van der Waals surface area contributed by atoms with Crippen molar-refractivity contribution in [1.82, 2.24) is 24.7 Å². The van der Waals surface area contributed by atoms with Crippen LogP contribution in [0.4, 0.5) is 5.69 Å². The normalized spacial score (nSPS) is 12.2. The lowest BCUT2D eigenvalue weighted by atomic mass is 10.1. The lowest BCUT2D eigenvalue weighted by molar-refractivity contribution is -0.119. The minimum Gasteiger partial charge on any atom is -0.342 e. The molecule has 4 rings (SSSR count).